The highest BCUT2D eigenvalue weighted by atomic mass is 32.2. The minimum absolute atomic E-state index is 0.253. The average Bonchev–Trinajstić information content (AvgIpc) is 3.11. The summed E-state index contributed by atoms with van der Waals surface area (Å²) < 4.78 is 29.8. The van der Waals surface area contributed by atoms with E-state index in [1.54, 1.807) is 29.0 Å². The molecule has 1 fully saturated rings. The molecule has 7 heteroatoms. The molecule has 0 bridgehead atoms. The zero-order valence-electron chi connectivity index (χ0n) is 15.5. The summed E-state index contributed by atoms with van der Waals surface area (Å²) in [7, 11) is -3.45. The zero-order chi connectivity index (χ0) is 18.9. The Morgan fingerprint density at radius 1 is 1.15 bits per heavy atom. The molecule has 0 N–H and O–H groups in total. The lowest BCUT2D eigenvalue weighted by molar-refractivity contribution is 0.246. The van der Waals surface area contributed by atoms with Gasteiger partial charge in [0.1, 0.15) is 5.52 Å². The fourth-order valence-electron chi connectivity index (χ4n) is 3.75. The van der Waals surface area contributed by atoms with Crippen molar-refractivity contribution >= 4 is 21.2 Å². The fraction of sp³-hybridized carbons (Fsp3) is 0.400. The molecule has 1 aliphatic rings. The molecule has 2 aromatic heterocycles. The Bertz CT molecular complexity index is 1030. The highest BCUT2D eigenvalue weighted by Gasteiger charge is 2.30. The van der Waals surface area contributed by atoms with Crippen LogP contribution >= 0.6 is 0 Å². The summed E-state index contributed by atoms with van der Waals surface area (Å²) >= 11 is 0. The minimum atomic E-state index is -3.45. The summed E-state index contributed by atoms with van der Waals surface area (Å²) in [6.45, 7) is 3.91. The highest BCUT2D eigenvalue weighted by molar-refractivity contribution is 7.89. The fourth-order valence-corrected chi connectivity index (χ4v) is 5.30. The zero-order valence-corrected chi connectivity index (χ0v) is 16.3. The number of piperidine rings is 1. The Morgan fingerprint density at radius 3 is 2.74 bits per heavy atom. The van der Waals surface area contributed by atoms with E-state index in [1.807, 2.05) is 28.8 Å². The number of aryl methyl sites for hydroxylation is 1. The van der Waals surface area contributed by atoms with E-state index in [4.69, 9.17) is 0 Å². The van der Waals surface area contributed by atoms with Gasteiger partial charge in [-0.25, -0.2) is 18.4 Å². The number of imidazole rings is 1. The van der Waals surface area contributed by atoms with E-state index < -0.39 is 10.0 Å². The van der Waals surface area contributed by atoms with E-state index in [9.17, 15) is 8.42 Å². The van der Waals surface area contributed by atoms with Gasteiger partial charge in [-0.3, -0.25) is 0 Å². The van der Waals surface area contributed by atoms with Crippen LogP contribution in [0.25, 0.3) is 11.2 Å². The predicted molar refractivity (Wildman–Crippen MR) is 105 cm³/mol. The molecule has 1 aliphatic heterocycles. The van der Waals surface area contributed by atoms with Gasteiger partial charge in [0, 0.05) is 25.8 Å². The summed E-state index contributed by atoms with van der Waals surface area (Å²) in [5.74, 6) is 0.253. The predicted octanol–water partition coefficient (Wildman–Crippen LogP) is 3.09. The van der Waals surface area contributed by atoms with Crippen molar-refractivity contribution in [3.8, 4) is 0 Å². The molecular formula is C20H24N4O2S. The third-order valence-electron chi connectivity index (χ3n) is 5.28. The Morgan fingerprint density at radius 2 is 1.96 bits per heavy atom. The van der Waals surface area contributed by atoms with Crippen LogP contribution in [-0.4, -0.2) is 40.3 Å². The molecule has 1 atom stereocenters. The number of aromatic nitrogens is 3. The minimum Gasteiger partial charge on any atom is -0.315 e. The third kappa shape index (κ3) is 3.61. The van der Waals surface area contributed by atoms with Crippen LogP contribution in [0.4, 0.5) is 0 Å². The first-order valence-corrected chi connectivity index (χ1v) is 10.9. The smallest absolute Gasteiger partial charge is 0.243 e. The standard InChI is InChI=1S/C20H24N4O2S/c1-2-16-7-9-18(10-8-16)27(25,26)24-12-4-5-17(14-24)13-23-15-22-19-6-3-11-21-20(19)23/h3,6-11,15,17H,2,4-5,12-14H2,1H3. The van der Waals surface area contributed by atoms with E-state index >= 15 is 0 Å². The monoisotopic (exact) mass is 384 g/mol. The Labute approximate surface area is 159 Å². The molecule has 0 radical (unpaired) electrons. The molecule has 3 aromatic rings. The van der Waals surface area contributed by atoms with E-state index in [0.717, 1.165) is 42.5 Å². The van der Waals surface area contributed by atoms with Gasteiger partial charge in [0.15, 0.2) is 5.65 Å². The van der Waals surface area contributed by atoms with Crippen LogP contribution in [0, 0.1) is 5.92 Å². The molecule has 0 amide bonds. The number of sulfonamides is 1. The number of hydrogen-bond donors (Lipinski definition) is 0. The van der Waals surface area contributed by atoms with Crippen molar-refractivity contribution < 1.29 is 8.42 Å². The van der Waals surface area contributed by atoms with E-state index in [1.165, 1.54) is 0 Å². The lowest BCUT2D eigenvalue weighted by Gasteiger charge is -2.32. The maximum absolute atomic E-state index is 13.0. The molecule has 27 heavy (non-hydrogen) atoms. The number of pyridine rings is 1. The van der Waals surface area contributed by atoms with E-state index in [2.05, 4.69) is 16.9 Å². The molecule has 1 aromatic carbocycles. The van der Waals surface area contributed by atoms with Crippen molar-refractivity contribution in [3.05, 3.63) is 54.5 Å². The summed E-state index contributed by atoms with van der Waals surface area (Å²) in [4.78, 5) is 9.18. The van der Waals surface area contributed by atoms with Crippen molar-refractivity contribution in [1.29, 1.82) is 0 Å². The number of fused-ring (bicyclic) bond motifs is 1. The van der Waals surface area contributed by atoms with Gasteiger partial charge in [-0.1, -0.05) is 19.1 Å². The summed E-state index contributed by atoms with van der Waals surface area (Å²) in [6.07, 6.45) is 6.34. The van der Waals surface area contributed by atoms with Gasteiger partial charge in [-0.2, -0.15) is 4.31 Å². The van der Waals surface area contributed by atoms with Crippen LogP contribution in [0.15, 0.2) is 53.8 Å². The quantitative estimate of drug-likeness (QED) is 0.678. The normalized spacial score (nSPS) is 18.8. The first-order chi connectivity index (χ1) is 13.1. The van der Waals surface area contributed by atoms with Crippen LogP contribution in [0.3, 0.4) is 0 Å². The van der Waals surface area contributed by atoms with Gasteiger partial charge in [-0.05, 0) is 55.0 Å². The molecule has 142 valence electrons. The van der Waals surface area contributed by atoms with Crippen LogP contribution < -0.4 is 0 Å². The highest BCUT2D eigenvalue weighted by Crippen LogP contribution is 2.25. The maximum Gasteiger partial charge on any atom is 0.243 e. The Hall–Kier alpha value is -2.25. The molecule has 6 nitrogen and oxygen atoms in total. The molecular weight excluding hydrogens is 360 g/mol. The van der Waals surface area contributed by atoms with Gasteiger partial charge in [0.2, 0.25) is 10.0 Å². The van der Waals surface area contributed by atoms with Crippen LogP contribution in [0.1, 0.15) is 25.3 Å². The largest absolute Gasteiger partial charge is 0.315 e. The first-order valence-electron chi connectivity index (χ1n) is 9.43. The van der Waals surface area contributed by atoms with Gasteiger partial charge in [-0.15, -0.1) is 0 Å². The second kappa shape index (κ2) is 7.40. The Kier molecular flexibility index (Phi) is 4.97. The van der Waals surface area contributed by atoms with Crippen molar-refractivity contribution in [2.24, 2.45) is 5.92 Å². The third-order valence-corrected chi connectivity index (χ3v) is 7.16. The van der Waals surface area contributed by atoms with Gasteiger partial charge >= 0.3 is 0 Å². The molecule has 1 unspecified atom stereocenters. The molecule has 0 aliphatic carbocycles. The van der Waals surface area contributed by atoms with Gasteiger partial charge < -0.3 is 4.57 Å². The first kappa shape index (κ1) is 18.1. The van der Waals surface area contributed by atoms with Crippen LogP contribution in [-0.2, 0) is 23.0 Å². The van der Waals surface area contributed by atoms with Crippen molar-refractivity contribution in [3.63, 3.8) is 0 Å². The molecule has 0 spiro atoms. The number of benzene rings is 1. The summed E-state index contributed by atoms with van der Waals surface area (Å²) in [5, 5.41) is 0. The summed E-state index contributed by atoms with van der Waals surface area (Å²) in [5.41, 5.74) is 2.87. The van der Waals surface area contributed by atoms with Gasteiger partial charge in [0.05, 0.1) is 11.2 Å². The molecule has 1 saturated heterocycles. The molecule has 0 saturated carbocycles. The van der Waals surface area contributed by atoms with Crippen LogP contribution in [0.5, 0.6) is 0 Å². The second-order valence-electron chi connectivity index (χ2n) is 7.11. The van der Waals surface area contributed by atoms with Crippen molar-refractivity contribution in [2.45, 2.75) is 37.6 Å². The molecule has 3 heterocycles. The lowest BCUT2D eigenvalue weighted by atomic mass is 10.00. The Balaban J connectivity index is 1.51. The topological polar surface area (TPSA) is 68.1 Å². The lowest BCUT2D eigenvalue weighted by Crippen LogP contribution is -2.41. The number of nitrogens with zero attached hydrogens (tertiary/aromatic N) is 4. The van der Waals surface area contributed by atoms with Crippen LogP contribution in [0.2, 0.25) is 0 Å². The maximum atomic E-state index is 13.0. The molecule has 4 rings (SSSR count). The second-order valence-corrected chi connectivity index (χ2v) is 9.05. The van der Waals surface area contributed by atoms with Crippen molar-refractivity contribution in [2.75, 3.05) is 13.1 Å². The SMILES string of the molecule is CCc1ccc(S(=O)(=O)N2CCCC(Cn3cnc4cccnc43)C2)cc1. The number of hydrogen-bond acceptors (Lipinski definition) is 4. The average molecular weight is 385 g/mol. The number of rotatable bonds is 5. The van der Waals surface area contributed by atoms with E-state index in [-0.39, 0.29) is 5.92 Å². The van der Waals surface area contributed by atoms with Crippen molar-refractivity contribution in [1.82, 2.24) is 18.8 Å². The summed E-state index contributed by atoms with van der Waals surface area (Å²) in [6, 6.07) is 11.1. The van der Waals surface area contributed by atoms with Gasteiger partial charge in [0.25, 0.3) is 0 Å². The van der Waals surface area contributed by atoms with E-state index in [0.29, 0.717) is 18.0 Å².